The van der Waals surface area contributed by atoms with Crippen LogP contribution in [0.3, 0.4) is 0 Å². The summed E-state index contributed by atoms with van der Waals surface area (Å²) in [5.74, 6) is -0.940. The molecule has 0 saturated heterocycles. The first kappa shape index (κ1) is 16.7. The van der Waals surface area contributed by atoms with Crippen molar-refractivity contribution in [3.8, 4) is 0 Å². The molecule has 0 aliphatic carbocycles. The average Bonchev–Trinajstić information content (AvgIpc) is 2.43. The first-order valence-electron chi connectivity index (χ1n) is 5.89. The molecule has 118 valence electrons. The zero-order valence-corrected chi connectivity index (χ0v) is 13.6. The number of rotatable bonds is 4. The lowest BCUT2D eigenvalue weighted by molar-refractivity contribution is 0.587. The Balaban J connectivity index is 2.56. The molecule has 0 spiro atoms. The third-order valence-corrected chi connectivity index (χ3v) is 5.73. The smallest absolute Gasteiger partial charge is 0.263 e. The average molecular weight is 364 g/mol. The number of hydrogen-bond acceptors (Lipinski definition) is 4. The van der Waals surface area contributed by atoms with Gasteiger partial charge in [-0.15, -0.1) is 0 Å². The summed E-state index contributed by atoms with van der Waals surface area (Å²) in [4.78, 5) is -0.832. The van der Waals surface area contributed by atoms with Crippen LogP contribution in [-0.4, -0.2) is 23.1 Å². The van der Waals surface area contributed by atoms with Gasteiger partial charge in [0.25, 0.3) is 10.0 Å². The quantitative estimate of drug-likeness (QED) is 0.905. The van der Waals surface area contributed by atoms with E-state index in [0.717, 1.165) is 18.4 Å². The molecule has 9 heteroatoms. The Kier molecular flexibility index (Phi) is 4.46. The van der Waals surface area contributed by atoms with E-state index >= 15 is 0 Å². The number of halogens is 2. The van der Waals surface area contributed by atoms with E-state index in [9.17, 15) is 21.2 Å². The third kappa shape index (κ3) is 3.40. The van der Waals surface area contributed by atoms with E-state index in [2.05, 4.69) is 0 Å². The number of sulfonamides is 1. The van der Waals surface area contributed by atoms with E-state index in [0.29, 0.717) is 0 Å². The topological polar surface area (TPSA) is 80.3 Å². The summed E-state index contributed by atoms with van der Waals surface area (Å²) in [5.41, 5.74) is -0.365. The summed E-state index contributed by atoms with van der Waals surface area (Å²) < 4.78 is 63.9. The van der Waals surface area contributed by atoms with E-state index in [4.69, 9.17) is 11.6 Å². The summed E-state index contributed by atoms with van der Waals surface area (Å²) in [7, 11) is -8.06. The van der Waals surface area contributed by atoms with Crippen molar-refractivity contribution in [2.24, 2.45) is 0 Å². The molecule has 2 rings (SSSR count). The lowest BCUT2D eigenvalue weighted by Gasteiger charge is -2.12. The Morgan fingerprint density at radius 2 is 1.55 bits per heavy atom. The second kappa shape index (κ2) is 5.86. The molecular formula is C13H11ClFNO4S2. The molecule has 5 nitrogen and oxygen atoms in total. The van der Waals surface area contributed by atoms with Gasteiger partial charge in [0.1, 0.15) is 4.90 Å². The van der Waals surface area contributed by atoms with Crippen molar-refractivity contribution in [3.63, 3.8) is 0 Å². The molecule has 0 heterocycles. The van der Waals surface area contributed by atoms with Crippen LogP contribution in [0.1, 0.15) is 0 Å². The predicted octanol–water partition coefficient (Wildman–Crippen LogP) is 2.68. The molecule has 22 heavy (non-hydrogen) atoms. The standard InChI is InChI=1S/C13H11ClFNO4S2/c1-21(17,18)11-7-2-3-8-12(11)22(19,20)16-10-6-4-5-9(14)13(10)15/h2-8,16H,1H3. The Labute approximate surface area is 132 Å². The molecule has 0 aliphatic rings. The summed E-state index contributed by atoms with van der Waals surface area (Å²) >= 11 is 5.59. The van der Waals surface area contributed by atoms with E-state index in [1.165, 1.54) is 30.3 Å². The van der Waals surface area contributed by atoms with Gasteiger partial charge in [-0.25, -0.2) is 21.2 Å². The Hall–Kier alpha value is -1.64. The Bertz CT molecular complexity index is 927. The van der Waals surface area contributed by atoms with E-state index in [1.807, 2.05) is 4.72 Å². The van der Waals surface area contributed by atoms with Crippen LogP contribution < -0.4 is 4.72 Å². The maximum Gasteiger partial charge on any atom is 0.263 e. The van der Waals surface area contributed by atoms with Crippen molar-refractivity contribution in [1.29, 1.82) is 0 Å². The van der Waals surface area contributed by atoms with Crippen molar-refractivity contribution in [1.82, 2.24) is 0 Å². The Morgan fingerprint density at radius 3 is 2.14 bits per heavy atom. The summed E-state index contributed by atoms with van der Waals surface area (Å²) in [6.45, 7) is 0. The van der Waals surface area contributed by atoms with Crippen molar-refractivity contribution in [2.75, 3.05) is 11.0 Å². The zero-order valence-electron chi connectivity index (χ0n) is 11.2. The molecule has 0 aromatic heterocycles. The molecule has 0 amide bonds. The van der Waals surface area contributed by atoms with Gasteiger partial charge in [0.05, 0.1) is 15.6 Å². The van der Waals surface area contributed by atoms with Gasteiger partial charge in [0.2, 0.25) is 0 Å². The highest BCUT2D eigenvalue weighted by Gasteiger charge is 2.24. The van der Waals surface area contributed by atoms with Crippen LogP contribution in [-0.2, 0) is 19.9 Å². The molecule has 1 N–H and O–H groups in total. The van der Waals surface area contributed by atoms with E-state index < -0.39 is 30.6 Å². The van der Waals surface area contributed by atoms with E-state index in [-0.39, 0.29) is 15.6 Å². The van der Waals surface area contributed by atoms with E-state index in [1.54, 1.807) is 0 Å². The van der Waals surface area contributed by atoms with Gasteiger partial charge in [0, 0.05) is 6.26 Å². The number of benzene rings is 2. The second-order valence-corrected chi connectivity index (χ2v) is 8.47. The van der Waals surface area contributed by atoms with Gasteiger partial charge in [-0.2, -0.15) is 0 Å². The molecule has 0 aliphatic heterocycles. The fourth-order valence-electron chi connectivity index (χ4n) is 1.76. The lowest BCUT2D eigenvalue weighted by atomic mass is 10.3. The summed E-state index contributed by atoms with van der Waals surface area (Å²) in [6.07, 6.45) is 0.890. The first-order chi connectivity index (χ1) is 10.1. The van der Waals surface area contributed by atoms with Crippen LogP contribution in [0.2, 0.25) is 5.02 Å². The lowest BCUT2D eigenvalue weighted by Crippen LogP contribution is -2.17. The molecule has 0 atom stereocenters. The van der Waals surface area contributed by atoms with Gasteiger partial charge < -0.3 is 0 Å². The van der Waals surface area contributed by atoms with Crippen LogP contribution in [0, 0.1) is 5.82 Å². The fourth-order valence-corrected chi connectivity index (χ4v) is 4.63. The fraction of sp³-hybridized carbons (Fsp3) is 0.0769. The molecule has 2 aromatic rings. The van der Waals surface area contributed by atoms with Crippen LogP contribution in [0.4, 0.5) is 10.1 Å². The minimum Gasteiger partial charge on any atom is -0.277 e. The van der Waals surface area contributed by atoms with Gasteiger partial charge in [0.15, 0.2) is 15.7 Å². The largest absolute Gasteiger partial charge is 0.277 e. The zero-order chi connectivity index (χ0) is 16.5. The third-order valence-electron chi connectivity index (χ3n) is 2.73. The van der Waals surface area contributed by atoms with Crippen molar-refractivity contribution in [3.05, 3.63) is 53.3 Å². The molecule has 0 saturated carbocycles. The highest BCUT2D eigenvalue weighted by Crippen LogP contribution is 2.27. The number of hydrogen-bond donors (Lipinski definition) is 1. The Morgan fingerprint density at radius 1 is 0.955 bits per heavy atom. The predicted molar refractivity (Wildman–Crippen MR) is 81.8 cm³/mol. The molecule has 0 radical (unpaired) electrons. The van der Waals surface area contributed by atoms with Gasteiger partial charge in [-0.1, -0.05) is 29.8 Å². The molecule has 0 unspecified atom stereocenters. The number of nitrogens with one attached hydrogen (secondary N) is 1. The maximum atomic E-state index is 13.8. The van der Waals surface area contributed by atoms with Crippen LogP contribution >= 0.6 is 11.6 Å². The molecule has 0 bridgehead atoms. The SMILES string of the molecule is CS(=O)(=O)c1ccccc1S(=O)(=O)Nc1cccc(Cl)c1F. The van der Waals surface area contributed by atoms with Crippen LogP contribution in [0.25, 0.3) is 0 Å². The van der Waals surface area contributed by atoms with Crippen molar-refractivity contribution >= 4 is 37.1 Å². The molecule has 0 fully saturated rings. The number of anilines is 1. The minimum atomic E-state index is -4.29. The highest BCUT2D eigenvalue weighted by atomic mass is 35.5. The van der Waals surface area contributed by atoms with Gasteiger partial charge in [-0.05, 0) is 24.3 Å². The van der Waals surface area contributed by atoms with Crippen molar-refractivity contribution < 1.29 is 21.2 Å². The highest BCUT2D eigenvalue weighted by molar-refractivity contribution is 7.95. The van der Waals surface area contributed by atoms with Crippen LogP contribution in [0.15, 0.2) is 52.3 Å². The minimum absolute atomic E-state index is 0.253. The van der Waals surface area contributed by atoms with Crippen LogP contribution in [0.5, 0.6) is 0 Å². The number of sulfone groups is 1. The maximum absolute atomic E-state index is 13.8. The second-order valence-electron chi connectivity index (χ2n) is 4.43. The normalized spacial score (nSPS) is 12.1. The first-order valence-corrected chi connectivity index (χ1v) is 9.64. The molecular weight excluding hydrogens is 353 g/mol. The van der Waals surface area contributed by atoms with Crippen molar-refractivity contribution in [2.45, 2.75) is 9.79 Å². The van der Waals surface area contributed by atoms with Gasteiger partial charge in [-0.3, -0.25) is 4.72 Å². The molecule has 2 aromatic carbocycles. The monoisotopic (exact) mass is 363 g/mol. The summed E-state index contributed by atoms with van der Waals surface area (Å²) in [5, 5.41) is -0.253. The van der Waals surface area contributed by atoms with Gasteiger partial charge >= 0.3 is 0 Å². The summed E-state index contributed by atoms with van der Waals surface area (Å²) in [6, 6.07) is 8.87.